The van der Waals surface area contributed by atoms with Gasteiger partial charge in [0.05, 0.1) is 0 Å². The van der Waals surface area contributed by atoms with Gasteiger partial charge in [-0.2, -0.15) is 0 Å². The molecule has 0 aliphatic rings. The molecule has 0 saturated carbocycles. The molecule has 0 saturated heterocycles. The summed E-state index contributed by atoms with van der Waals surface area (Å²) in [4.78, 5) is 0. The first kappa shape index (κ1) is 22.9. The van der Waals surface area contributed by atoms with E-state index in [0.717, 1.165) is 12.8 Å². The molecule has 0 amide bonds. The largest absolute Gasteiger partial charge is 0.328 e. The molecule has 0 spiro atoms. The second-order valence-corrected chi connectivity index (χ2v) is 6.27. The fraction of sp³-hybridized carbons (Fsp3) is 1.00. The number of ether oxygens (including phenoxy) is 3. The third-order valence-corrected chi connectivity index (χ3v) is 4.18. The predicted molar refractivity (Wildman–Crippen MR) is 98.7 cm³/mol. The Kier molecular flexibility index (Phi) is 16.6. The minimum atomic E-state index is -0.808. The average Bonchev–Trinajstić information content (AvgIpc) is 2.53. The van der Waals surface area contributed by atoms with Crippen LogP contribution >= 0.6 is 0 Å². The van der Waals surface area contributed by atoms with Crippen molar-refractivity contribution >= 4 is 0 Å². The van der Waals surface area contributed by atoms with E-state index in [-0.39, 0.29) is 0 Å². The first-order valence-electron chi connectivity index (χ1n) is 10.2. The molecule has 23 heavy (non-hydrogen) atoms. The van der Waals surface area contributed by atoms with E-state index in [9.17, 15) is 0 Å². The summed E-state index contributed by atoms with van der Waals surface area (Å²) in [6.07, 6.45) is 15.7. The maximum absolute atomic E-state index is 5.76. The lowest BCUT2D eigenvalue weighted by molar-refractivity contribution is -0.380. The van der Waals surface area contributed by atoms with Gasteiger partial charge in [0.1, 0.15) is 0 Å². The molecule has 0 unspecified atom stereocenters. The number of unbranched alkanes of at least 4 members (excludes halogenated alkanes) is 10. The molecule has 0 aliphatic carbocycles. The maximum atomic E-state index is 5.76. The predicted octanol–water partition coefficient (Wildman–Crippen LogP) is 6.45. The molecule has 3 nitrogen and oxygen atoms in total. The highest BCUT2D eigenvalue weighted by atomic mass is 16.9. The van der Waals surface area contributed by atoms with E-state index >= 15 is 0 Å². The number of hydrogen-bond acceptors (Lipinski definition) is 3. The third-order valence-electron chi connectivity index (χ3n) is 4.18. The van der Waals surface area contributed by atoms with Gasteiger partial charge in [-0.05, 0) is 27.2 Å². The fourth-order valence-corrected chi connectivity index (χ4v) is 3.01. The number of hydrogen-bond donors (Lipinski definition) is 0. The van der Waals surface area contributed by atoms with Crippen LogP contribution in [-0.4, -0.2) is 25.8 Å². The van der Waals surface area contributed by atoms with Gasteiger partial charge in [0.2, 0.25) is 0 Å². The lowest BCUT2D eigenvalue weighted by Gasteiger charge is -2.32. The fourth-order valence-electron chi connectivity index (χ4n) is 3.01. The summed E-state index contributed by atoms with van der Waals surface area (Å²) < 4.78 is 17.3. The quantitative estimate of drug-likeness (QED) is 0.213. The minimum absolute atomic E-state index is 0.623. The summed E-state index contributed by atoms with van der Waals surface area (Å²) in [6.45, 7) is 10.1. The van der Waals surface area contributed by atoms with Crippen LogP contribution < -0.4 is 0 Å². The molecule has 0 radical (unpaired) electrons. The van der Waals surface area contributed by atoms with Crippen molar-refractivity contribution in [2.24, 2.45) is 0 Å². The molecule has 3 heteroatoms. The van der Waals surface area contributed by atoms with Gasteiger partial charge in [-0.25, -0.2) is 0 Å². The molecule has 0 atom stereocenters. The van der Waals surface area contributed by atoms with Crippen LogP contribution in [0.3, 0.4) is 0 Å². The monoisotopic (exact) mass is 330 g/mol. The Morgan fingerprint density at radius 3 is 1.17 bits per heavy atom. The third kappa shape index (κ3) is 12.9. The van der Waals surface area contributed by atoms with E-state index in [0.29, 0.717) is 19.8 Å². The van der Waals surface area contributed by atoms with E-state index in [1.165, 1.54) is 64.2 Å². The van der Waals surface area contributed by atoms with Crippen molar-refractivity contribution in [1.29, 1.82) is 0 Å². The van der Waals surface area contributed by atoms with Gasteiger partial charge in [0.25, 0.3) is 5.97 Å². The van der Waals surface area contributed by atoms with E-state index in [1.54, 1.807) is 0 Å². The van der Waals surface area contributed by atoms with Crippen LogP contribution in [0, 0.1) is 0 Å². The van der Waals surface area contributed by atoms with Crippen LogP contribution in [0.1, 0.15) is 105 Å². The Morgan fingerprint density at radius 2 is 0.826 bits per heavy atom. The topological polar surface area (TPSA) is 27.7 Å². The van der Waals surface area contributed by atoms with Crippen molar-refractivity contribution in [3.8, 4) is 0 Å². The zero-order valence-electron chi connectivity index (χ0n) is 16.3. The standard InChI is InChI=1S/C20H42O3/c1-5-9-10-11-12-13-14-15-16-17-18-19-20(21-6-2,22-7-3)23-8-4/h5-19H2,1-4H3. The van der Waals surface area contributed by atoms with Crippen molar-refractivity contribution in [1.82, 2.24) is 0 Å². The van der Waals surface area contributed by atoms with Gasteiger partial charge in [0, 0.05) is 26.2 Å². The Bertz CT molecular complexity index is 214. The molecule has 0 rings (SSSR count). The highest BCUT2D eigenvalue weighted by Crippen LogP contribution is 2.24. The van der Waals surface area contributed by atoms with E-state index < -0.39 is 5.97 Å². The lowest BCUT2D eigenvalue weighted by atomic mass is 10.0. The summed E-state index contributed by atoms with van der Waals surface area (Å²) in [5, 5.41) is 0. The molecule has 0 heterocycles. The average molecular weight is 331 g/mol. The SMILES string of the molecule is CCCCCCCCCCCCCC(OCC)(OCC)OCC. The van der Waals surface area contributed by atoms with Crippen LogP contribution in [0.5, 0.6) is 0 Å². The first-order chi connectivity index (χ1) is 11.2. The van der Waals surface area contributed by atoms with Crippen LogP contribution in [-0.2, 0) is 14.2 Å². The molecule has 0 bridgehead atoms. The van der Waals surface area contributed by atoms with E-state index in [2.05, 4.69) is 6.92 Å². The lowest BCUT2D eigenvalue weighted by Crippen LogP contribution is -2.39. The van der Waals surface area contributed by atoms with Gasteiger partial charge >= 0.3 is 0 Å². The Morgan fingerprint density at radius 1 is 0.478 bits per heavy atom. The van der Waals surface area contributed by atoms with Crippen molar-refractivity contribution in [2.45, 2.75) is 111 Å². The molecular weight excluding hydrogens is 288 g/mol. The van der Waals surface area contributed by atoms with Gasteiger partial charge < -0.3 is 14.2 Å². The van der Waals surface area contributed by atoms with Gasteiger partial charge in [-0.1, -0.05) is 71.1 Å². The molecule has 0 fully saturated rings. The normalized spacial score (nSPS) is 12.0. The second kappa shape index (κ2) is 16.7. The van der Waals surface area contributed by atoms with Crippen LogP contribution in [0.25, 0.3) is 0 Å². The van der Waals surface area contributed by atoms with Crippen LogP contribution in [0.15, 0.2) is 0 Å². The van der Waals surface area contributed by atoms with Crippen molar-refractivity contribution in [3.63, 3.8) is 0 Å². The zero-order chi connectivity index (χ0) is 17.2. The molecule has 0 aromatic carbocycles. The summed E-state index contributed by atoms with van der Waals surface area (Å²) in [6, 6.07) is 0. The van der Waals surface area contributed by atoms with Gasteiger partial charge in [-0.15, -0.1) is 0 Å². The van der Waals surface area contributed by atoms with Crippen molar-refractivity contribution in [3.05, 3.63) is 0 Å². The highest BCUT2D eigenvalue weighted by Gasteiger charge is 2.31. The smallest absolute Gasteiger partial charge is 0.282 e. The Hall–Kier alpha value is -0.120. The summed E-state index contributed by atoms with van der Waals surface area (Å²) in [5.74, 6) is -0.808. The maximum Gasteiger partial charge on any atom is 0.282 e. The molecule has 0 aliphatic heterocycles. The molecular formula is C20H42O3. The molecule has 140 valence electrons. The Balaban J connectivity index is 3.65. The zero-order valence-corrected chi connectivity index (χ0v) is 16.3. The Labute approximate surface area is 145 Å². The summed E-state index contributed by atoms with van der Waals surface area (Å²) >= 11 is 0. The molecule has 0 aromatic rings. The summed E-state index contributed by atoms with van der Waals surface area (Å²) in [5.41, 5.74) is 0. The second-order valence-electron chi connectivity index (χ2n) is 6.27. The van der Waals surface area contributed by atoms with E-state index in [1.807, 2.05) is 20.8 Å². The van der Waals surface area contributed by atoms with E-state index in [4.69, 9.17) is 14.2 Å². The molecule has 0 aromatic heterocycles. The number of rotatable bonds is 18. The first-order valence-corrected chi connectivity index (χ1v) is 10.2. The molecule has 0 N–H and O–H groups in total. The van der Waals surface area contributed by atoms with Crippen molar-refractivity contribution in [2.75, 3.05) is 19.8 Å². The minimum Gasteiger partial charge on any atom is -0.328 e. The van der Waals surface area contributed by atoms with Crippen LogP contribution in [0.4, 0.5) is 0 Å². The summed E-state index contributed by atoms with van der Waals surface area (Å²) in [7, 11) is 0. The van der Waals surface area contributed by atoms with Gasteiger partial charge in [-0.3, -0.25) is 0 Å². The van der Waals surface area contributed by atoms with Crippen LogP contribution in [0.2, 0.25) is 0 Å². The van der Waals surface area contributed by atoms with Crippen molar-refractivity contribution < 1.29 is 14.2 Å². The van der Waals surface area contributed by atoms with Gasteiger partial charge in [0.15, 0.2) is 0 Å². The highest BCUT2D eigenvalue weighted by molar-refractivity contribution is 4.59.